The van der Waals surface area contributed by atoms with Crippen molar-refractivity contribution in [3.05, 3.63) is 61.2 Å². The number of carbonyl (C=O) groups excluding carboxylic acids is 4. The number of aliphatic hydroxyl groups excluding tert-OH is 1. The van der Waals surface area contributed by atoms with Gasteiger partial charge in [0.25, 0.3) is 0 Å². The summed E-state index contributed by atoms with van der Waals surface area (Å²) in [7, 11) is 1.51. The van der Waals surface area contributed by atoms with Gasteiger partial charge in [-0.15, -0.1) is 13.2 Å². The molecular formula is C40H57N3O8. The predicted molar refractivity (Wildman–Crippen MR) is 192 cm³/mol. The molecule has 2 bridgehead atoms. The van der Waals surface area contributed by atoms with Crippen molar-refractivity contribution in [1.82, 2.24) is 15.1 Å². The van der Waals surface area contributed by atoms with E-state index in [4.69, 9.17) is 14.2 Å². The van der Waals surface area contributed by atoms with Crippen LogP contribution in [0.25, 0.3) is 0 Å². The Hall–Kier alpha value is -3.54. The Kier molecular flexibility index (Phi) is 13.1. The van der Waals surface area contributed by atoms with E-state index in [2.05, 4.69) is 18.5 Å². The van der Waals surface area contributed by atoms with Crippen LogP contribution in [-0.4, -0.2) is 101 Å². The minimum Gasteiger partial charge on any atom is -0.455 e. The summed E-state index contributed by atoms with van der Waals surface area (Å²) < 4.78 is 18.6. The number of nitrogens with one attached hydrogen (secondary N) is 1. The van der Waals surface area contributed by atoms with Gasteiger partial charge in [0.15, 0.2) is 0 Å². The fourth-order valence-electron chi connectivity index (χ4n) is 9.08. The number of carbonyl (C=O) groups is 4. The number of amides is 3. The molecular weight excluding hydrogens is 650 g/mol. The van der Waals surface area contributed by atoms with Gasteiger partial charge in [-0.05, 0) is 50.0 Å². The summed E-state index contributed by atoms with van der Waals surface area (Å²) in [6.45, 7) is 11.8. The number of hydrogen-bond donors (Lipinski definition) is 2. The number of likely N-dealkylation sites (tertiary alicyclic amines) is 1. The van der Waals surface area contributed by atoms with Crippen LogP contribution in [0.3, 0.4) is 0 Å². The highest BCUT2D eigenvalue weighted by Gasteiger charge is 2.76. The molecule has 3 aliphatic heterocycles. The number of aliphatic hydroxyl groups is 1. The molecule has 4 fully saturated rings. The van der Waals surface area contributed by atoms with Crippen LogP contribution in [0.1, 0.15) is 89.7 Å². The quantitative estimate of drug-likeness (QED) is 0.168. The molecule has 4 aliphatic rings. The molecule has 11 heteroatoms. The molecule has 11 nitrogen and oxygen atoms in total. The third kappa shape index (κ3) is 7.95. The second-order valence-electron chi connectivity index (χ2n) is 15.1. The van der Waals surface area contributed by atoms with Crippen molar-refractivity contribution in [1.29, 1.82) is 0 Å². The Bertz CT molecular complexity index is 1400. The topological polar surface area (TPSA) is 135 Å². The molecule has 0 unspecified atom stereocenters. The zero-order valence-electron chi connectivity index (χ0n) is 30.5. The van der Waals surface area contributed by atoms with E-state index >= 15 is 0 Å². The first-order chi connectivity index (χ1) is 24.6. The summed E-state index contributed by atoms with van der Waals surface area (Å²) in [5.41, 5.74) is -0.582. The number of rotatable bonds is 18. The minimum atomic E-state index is -1.24. The maximum absolute atomic E-state index is 14.9. The van der Waals surface area contributed by atoms with Gasteiger partial charge < -0.3 is 34.4 Å². The van der Waals surface area contributed by atoms with Gasteiger partial charge in [-0.25, -0.2) is 0 Å². The molecule has 1 aromatic carbocycles. The van der Waals surface area contributed by atoms with Crippen molar-refractivity contribution in [2.24, 2.45) is 17.8 Å². The first kappa shape index (κ1) is 38.7. The van der Waals surface area contributed by atoms with Gasteiger partial charge in [0.1, 0.15) is 17.7 Å². The van der Waals surface area contributed by atoms with E-state index in [1.54, 1.807) is 17.1 Å². The summed E-state index contributed by atoms with van der Waals surface area (Å²) in [4.78, 5) is 60.6. The fourth-order valence-corrected chi connectivity index (χ4v) is 9.08. The van der Waals surface area contributed by atoms with Crippen LogP contribution in [-0.2, 0) is 33.4 Å². The van der Waals surface area contributed by atoms with Crippen molar-refractivity contribution >= 4 is 23.7 Å². The molecule has 1 aromatic rings. The third-order valence-electron chi connectivity index (χ3n) is 11.2. The lowest BCUT2D eigenvalue weighted by molar-refractivity contribution is -0.163. The molecule has 3 amide bonds. The van der Waals surface area contributed by atoms with Crippen LogP contribution in [0.2, 0.25) is 0 Å². The average molecular weight is 708 g/mol. The van der Waals surface area contributed by atoms with E-state index in [0.717, 1.165) is 32.1 Å². The summed E-state index contributed by atoms with van der Waals surface area (Å²) in [6.07, 6.45) is 8.86. The highest BCUT2D eigenvalue weighted by atomic mass is 16.6. The number of benzene rings is 1. The molecule has 3 heterocycles. The summed E-state index contributed by atoms with van der Waals surface area (Å²) in [5, 5.41) is 13.7. The van der Waals surface area contributed by atoms with Gasteiger partial charge in [-0.3, -0.25) is 19.2 Å². The average Bonchev–Trinajstić information content (AvgIpc) is 3.78. The van der Waals surface area contributed by atoms with Gasteiger partial charge in [-0.1, -0.05) is 75.6 Å². The molecule has 1 spiro atoms. The molecule has 51 heavy (non-hydrogen) atoms. The lowest BCUT2D eigenvalue weighted by Gasteiger charge is -2.42. The van der Waals surface area contributed by atoms with Crippen molar-refractivity contribution in [2.45, 2.75) is 120 Å². The Morgan fingerprint density at radius 2 is 1.84 bits per heavy atom. The van der Waals surface area contributed by atoms with E-state index in [1.807, 2.05) is 49.1 Å². The molecule has 1 saturated carbocycles. The molecule has 1 aliphatic carbocycles. The molecule has 8 atom stereocenters. The van der Waals surface area contributed by atoms with E-state index < -0.39 is 53.7 Å². The molecule has 2 N–H and O–H groups in total. The monoisotopic (exact) mass is 707 g/mol. The smallest absolute Gasteiger partial charge is 0.313 e. The summed E-state index contributed by atoms with van der Waals surface area (Å²) in [6, 6.07) is 6.83. The number of fused-ring (bicyclic) bond motifs is 1. The van der Waals surface area contributed by atoms with E-state index in [-0.39, 0.29) is 49.3 Å². The normalized spacial score (nSPS) is 27.5. The fraction of sp³-hybridized carbons (Fsp3) is 0.650. The van der Waals surface area contributed by atoms with Crippen LogP contribution in [0.4, 0.5) is 0 Å². The largest absolute Gasteiger partial charge is 0.455 e. The van der Waals surface area contributed by atoms with Crippen molar-refractivity contribution in [3.63, 3.8) is 0 Å². The second-order valence-corrected chi connectivity index (χ2v) is 15.1. The van der Waals surface area contributed by atoms with Crippen molar-refractivity contribution < 1.29 is 38.5 Å². The molecule has 0 radical (unpaired) electrons. The van der Waals surface area contributed by atoms with Gasteiger partial charge in [-0.2, -0.15) is 0 Å². The lowest BCUT2D eigenvalue weighted by Crippen LogP contribution is -2.60. The number of nitrogens with zero attached hydrogens (tertiary/aromatic N) is 2. The molecule has 0 aromatic heterocycles. The highest BCUT2D eigenvalue weighted by Crippen LogP contribution is 2.59. The SMILES string of the molecule is C=CCCC(=O)N[C@H](COC)[C@H](OC(=O)[C@@H]1[C@@H]2CC[C@]3(O2)[C@H](C(=O)N(CC=C)C2CCCCC2)N([C@@H](CO)CC(C)C)C(=O)[C@@H]13)c1ccccc1. The Morgan fingerprint density at radius 1 is 1.12 bits per heavy atom. The van der Waals surface area contributed by atoms with Crippen LogP contribution in [0.15, 0.2) is 55.6 Å². The molecule has 3 saturated heterocycles. The van der Waals surface area contributed by atoms with Gasteiger partial charge in [0.05, 0.1) is 43.2 Å². The third-order valence-corrected chi connectivity index (χ3v) is 11.2. The maximum atomic E-state index is 14.9. The Balaban J connectivity index is 1.51. The number of methoxy groups -OCH3 is 1. The minimum absolute atomic E-state index is 0.0136. The standard InChI is InChI=1S/C40H57N3O8/c1-6-8-19-32(45)41-30(25-49-5)35(27-15-11-9-12-16-27)50-39(48)33-31-20-21-40(51-31)34(33)37(46)43(29(24-44)23-26(3)4)36(40)38(47)42(22-7-2)28-17-13-10-14-18-28/h6-7,9,11-12,15-16,26,28-31,33-36,44H,1-2,8,10,13-14,17-25H2,3-5H3,(H,41,45)/t29-,30-,31+,33-,34-,35-,36+,40-/m1/s1. The van der Waals surface area contributed by atoms with Gasteiger partial charge in [0, 0.05) is 26.1 Å². The van der Waals surface area contributed by atoms with Crippen LogP contribution in [0.5, 0.6) is 0 Å². The van der Waals surface area contributed by atoms with Crippen LogP contribution in [0, 0.1) is 17.8 Å². The van der Waals surface area contributed by atoms with E-state index in [0.29, 0.717) is 37.8 Å². The number of allylic oxidation sites excluding steroid dienone is 1. The maximum Gasteiger partial charge on any atom is 0.313 e. The molecule has 280 valence electrons. The van der Waals surface area contributed by atoms with E-state index in [1.165, 1.54) is 7.11 Å². The predicted octanol–water partition coefficient (Wildman–Crippen LogP) is 4.50. The Labute approximate surface area is 302 Å². The van der Waals surface area contributed by atoms with Gasteiger partial charge >= 0.3 is 5.97 Å². The van der Waals surface area contributed by atoms with Crippen molar-refractivity contribution in [3.8, 4) is 0 Å². The zero-order valence-corrected chi connectivity index (χ0v) is 30.5. The molecule has 5 rings (SSSR count). The number of ether oxygens (including phenoxy) is 3. The second kappa shape index (κ2) is 17.3. The van der Waals surface area contributed by atoms with Crippen LogP contribution >= 0.6 is 0 Å². The highest BCUT2D eigenvalue weighted by molar-refractivity contribution is 5.98. The Morgan fingerprint density at radius 3 is 2.47 bits per heavy atom. The zero-order chi connectivity index (χ0) is 36.7. The first-order valence-corrected chi connectivity index (χ1v) is 18.8. The van der Waals surface area contributed by atoms with Crippen molar-refractivity contribution in [2.75, 3.05) is 26.9 Å². The summed E-state index contributed by atoms with van der Waals surface area (Å²) >= 11 is 0. The number of hydrogen-bond acceptors (Lipinski definition) is 8. The van der Waals surface area contributed by atoms with E-state index in [9.17, 15) is 24.3 Å². The first-order valence-electron chi connectivity index (χ1n) is 18.8. The van der Waals surface area contributed by atoms with Gasteiger partial charge in [0.2, 0.25) is 17.7 Å². The summed E-state index contributed by atoms with van der Waals surface area (Å²) in [5.74, 6) is -3.23. The number of esters is 1. The van der Waals surface area contributed by atoms with Crippen LogP contribution < -0.4 is 5.32 Å². The lowest BCUT2D eigenvalue weighted by atomic mass is 9.70.